The third-order valence-corrected chi connectivity index (χ3v) is 4.88. The van der Waals surface area contributed by atoms with Crippen LogP contribution in [0.5, 0.6) is 0 Å². The molecule has 0 spiro atoms. The van der Waals surface area contributed by atoms with Gasteiger partial charge in [-0.3, -0.25) is 9.59 Å². The topological polar surface area (TPSA) is 72.5 Å². The van der Waals surface area contributed by atoms with E-state index in [0.29, 0.717) is 22.8 Å². The lowest BCUT2D eigenvalue weighted by molar-refractivity contribution is -0.145. The SMILES string of the molecule is COC(=O)[C@H](Cc1ccc(C(=O)c2ccccc2)cc1)NC(=O)Cc1ccc(F)cc1F. The summed E-state index contributed by atoms with van der Waals surface area (Å²) in [6, 6.07) is 17.4. The van der Waals surface area contributed by atoms with E-state index in [2.05, 4.69) is 5.32 Å². The Hall–Kier alpha value is -3.87. The molecule has 0 aliphatic heterocycles. The van der Waals surface area contributed by atoms with Crippen molar-refractivity contribution in [3.63, 3.8) is 0 Å². The molecule has 0 bridgehead atoms. The number of esters is 1. The number of methoxy groups -OCH3 is 1. The van der Waals surface area contributed by atoms with Crippen molar-refractivity contribution in [1.82, 2.24) is 5.32 Å². The standard InChI is InChI=1S/C25H21F2NO4/c1-32-25(31)22(28-23(29)14-19-11-12-20(26)15-21(19)27)13-16-7-9-18(10-8-16)24(30)17-5-3-2-4-6-17/h2-12,15,22H,13-14H2,1H3,(H,28,29)/t22-/m0/s1. The van der Waals surface area contributed by atoms with Crippen LogP contribution in [0, 0.1) is 11.6 Å². The average Bonchev–Trinajstić information content (AvgIpc) is 2.80. The van der Waals surface area contributed by atoms with E-state index in [0.717, 1.165) is 6.07 Å². The first-order chi connectivity index (χ1) is 15.4. The molecule has 0 saturated heterocycles. The van der Waals surface area contributed by atoms with Gasteiger partial charge in [-0.15, -0.1) is 0 Å². The van der Waals surface area contributed by atoms with Gasteiger partial charge in [0.25, 0.3) is 0 Å². The van der Waals surface area contributed by atoms with Crippen LogP contribution in [0.25, 0.3) is 0 Å². The average molecular weight is 437 g/mol. The molecule has 0 aromatic heterocycles. The van der Waals surface area contributed by atoms with Crippen molar-refractivity contribution in [2.24, 2.45) is 0 Å². The predicted octanol–water partition coefficient (Wildman–Crippen LogP) is 3.64. The number of nitrogens with one attached hydrogen (secondary N) is 1. The Bertz CT molecular complexity index is 1110. The highest BCUT2D eigenvalue weighted by atomic mass is 19.1. The molecule has 1 atom stereocenters. The number of carbonyl (C=O) groups is 3. The zero-order chi connectivity index (χ0) is 23.1. The first kappa shape index (κ1) is 22.8. The molecular weight excluding hydrogens is 416 g/mol. The molecule has 32 heavy (non-hydrogen) atoms. The number of carbonyl (C=O) groups excluding carboxylic acids is 3. The number of benzene rings is 3. The lowest BCUT2D eigenvalue weighted by Gasteiger charge is -2.17. The largest absolute Gasteiger partial charge is 0.467 e. The number of hydrogen-bond donors (Lipinski definition) is 1. The van der Waals surface area contributed by atoms with Gasteiger partial charge < -0.3 is 10.1 Å². The Morgan fingerprint density at radius 2 is 1.56 bits per heavy atom. The molecule has 0 fully saturated rings. The number of ether oxygens (including phenoxy) is 1. The maximum absolute atomic E-state index is 13.8. The summed E-state index contributed by atoms with van der Waals surface area (Å²) < 4.78 is 31.6. The number of ketones is 1. The monoisotopic (exact) mass is 437 g/mol. The van der Waals surface area contributed by atoms with Gasteiger partial charge in [0.15, 0.2) is 5.78 Å². The smallest absolute Gasteiger partial charge is 0.328 e. The Morgan fingerprint density at radius 3 is 2.19 bits per heavy atom. The van der Waals surface area contributed by atoms with E-state index in [1.807, 2.05) is 6.07 Å². The molecule has 1 N–H and O–H groups in total. The minimum absolute atomic E-state index is 0.0105. The summed E-state index contributed by atoms with van der Waals surface area (Å²) in [5.74, 6) is -2.98. The van der Waals surface area contributed by atoms with Crippen molar-refractivity contribution in [2.75, 3.05) is 7.11 Å². The Morgan fingerprint density at radius 1 is 0.906 bits per heavy atom. The molecule has 0 unspecified atom stereocenters. The van der Waals surface area contributed by atoms with E-state index in [1.54, 1.807) is 48.5 Å². The van der Waals surface area contributed by atoms with Gasteiger partial charge in [-0.1, -0.05) is 60.7 Å². The fourth-order valence-corrected chi connectivity index (χ4v) is 3.20. The minimum atomic E-state index is -1.01. The molecule has 0 saturated carbocycles. The summed E-state index contributed by atoms with van der Waals surface area (Å²) in [5, 5.41) is 2.53. The van der Waals surface area contributed by atoms with Crippen LogP contribution in [0.4, 0.5) is 8.78 Å². The van der Waals surface area contributed by atoms with E-state index in [9.17, 15) is 23.2 Å². The second-order valence-corrected chi connectivity index (χ2v) is 7.15. The third-order valence-electron chi connectivity index (χ3n) is 4.88. The maximum Gasteiger partial charge on any atom is 0.328 e. The van der Waals surface area contributed by atoms with Crippen molar-refractivity contribution in [1.29, 1.82) is 0 Å². The highest BCUT2D eigenvalue weighted by molar-refractivity contribution is 6.08. The molecule has 3 rings (SSSR count). The molecule has 164 valence electrons. The molecule has 0 aliphatic carbocycles. The van der Waals surface area contributed by atoms with Gasteiger partial charge in [-0.25, -0.2) is 13.6 Å². The lowest BCUT2D eigenvalue weighted by Crippen LogP contribution is -2.43. The fraction of sp³-hybridized carbons (Fsp3) is 0.160. The highest BCUT2D eigenvalue weighted by Gasteiger charge is 2.23. The van der Waals surface area contributed by atoms with Crippen LogP contribution in [-0.2, 0) is 27.2 Å². The summed E-state index contributed by atoms with van der Waals surface area (Å²) in [5.41, 5.74) is 1.76. The van der Waals surface area contributed by atoms with Crippen molar-refractivity contribution in [2.45, 2.75) is 18.9 Å². The van der Waals surface area contributed by atoms with Crippen molar-refractivity contribution >= 4 is 17.7 Å². The molecule has 0 heterocycles. The van der Waals surface area contributed by atoms with Crippen LogP contribution in [0.1, 0.15) is 27.0 Å². The van der Waals surface area contributed by atoms with Gasteiger partial charge in [-0.05, 0) is 17.2 Å². The Labute approximate surface area is 184 Å². The van der Waals surface area contributed by atoms with Crippen LogP contribution in [0.2, 0.25) is 0 Å². The van der Waals surface area contributed by atoms with Crippen LogP contribution >= 0.6 is 0 Å². The third kappa shape index (κ3) is 5.85. The van der Waals surface area contributed by atoms with E-state index in [1.165, 1.54) is 13.2 Å². The van der Waals surface area contributed by atoms with Crippen LogP contribution < -0.4 is 5.32 Å². The Kier molecular flexibility index (Phi) is 7.44. The summed E-state index contributed by atoms with van der Waals surface area (Å²) in [4.78, 5) is 37.0. The van der Waals surface area contributed by atoms with E-state index < -0.39 is 29.6 Å². The zero-order valence-corrected chi connectivity index (χ0v) is 17.3. The highest BCUT2D eigenvalue weighted by Crippen LogP contribution is 2.14. The second kappa shape index (κ2) is 10.4. The molecule has 7 heteroatoms. The lowest BCUT2D eigenvalue weighted by atomic mass is 9.99. The summed E-state index contributed by atoms with van der Waals surface area (Å²) in [6.45, 7) is 0. The molecule has 0 radical (unpaired) electrons. The van der Waals surface area contributed by atoms with Gasteiger partial charge in [0, 0.05) is 23.6 Å². The molecular formula is C25H21F2NO4. The first-order valence-electron chi connectivity index (χ1n) is 9.87. The van der Waals surface area contributed by atoms with Gasteiger partial charge >= 0.3 is 5.97 Å². The molecule has 3 aromatic rings. The maximum atomic E-state index is 13.8. The van der Waals surface area contributed by atoms with Crippen molar-refractivity contribution < 1.29 is 27.9 Å². The van der Waals surface area contributed by atoms with Gasteiger partial charge in [0.05, 0.1) is 13.5 Å². The second-order valence-electron chi connectivity index (χ2n) is 7.15. The van der Waals surface area contributed by atoms with Crippen molar-refractivity contribution in [3.05, 3.63) is 107 Å². The number of amides is 1. The summed E-state index contributed by atoms with van der Waals surface area (Å²) in [6.07, 6.45) is -0.242. The van der Waals surface area contributed by atoms with Crippen molar-refractivity contribution in [3.8, 4) is 0 Å². The number of hydrogen-bond acceptors (Lipinski definition) is 4. The molecule has 0 aliphatic rings. The predicted molar refractivity (Wildman–Crippen MR) is 114 cm³/mol. The molecule has 5 nitrogen and oxygen atoms in total. The first-order valence-corrected chi connectivity index (χ1v) is 9.87. The van der Waals surface area contributed by atoms with Gasteiger partial charge in [0.1, 0.15) is 17.7 Å². The zero-order valence-electron chi connectivity index (χ0n) is 17.3. The minimum Gasteiger partial charge on any atom is -0.467 e. The van der Waals surface area contributed by atoms with Gasteiger partial charge in [-0.2, -0.15) is 0 Å². The van der Waals surface area contributed by atoms with Crippen LogP contribution in [-0.4, -0.2) is 30.8 Å². The van der Waals surface area contributed by atoms with E-state index >= 15 is 0 Å². The molecule has 1 amide bonds. The van der Waals surface area contributed by atoms with E-state index in [4.69, 9.17) is 4.74 Å². The quantitative estimate of drug-likeness (QED) is 0.432. The summed E-state index contributed by atoms with van der Waals surface area (Å²) >= 11 is 0. The van der Waals surface area contributed by atoms with Crippen LogP contribution in [0.15, 0.2) is 72.8 Å². The Balaban J connectivity index is 1.68. The fourth-order valence-electron chi connectivity index (χ4n) is 3.20. The number of rotatable bonds is 8. The summed E-state index contributed by atoms with van der Waals surface area (Å²) in [7, 11) is 1.20. The van der Waals surface area contributed by atoms with E-state index in [-0.39, 0.29) is 24.2 Å². The molecule has 3 aromatic carbocycles. The van der Waals surface area contributed by atoms with Crippen LogP contribution in [0.3, 0.4) is 0 Å². The van der Waals surface area contributed by atoms with Gasteiger partial charge in [0.2, 0.25) is 5.91 Å². The normalized spacial score (nSPS) is 11.5. The number of halogens is 2.